The predicted octanol–water partition coefficient (Wildman–Crippen LogP) is 5.53. The van der Waals surface area contributed by atoms with E-state index in [1.54, 1.807) is 30.5 Å². The third-order valence-corrected chi connectivity index (χ3v) is 6.96. The lowest BCUT2D eigenvalue weighted by Crippen LogP contribution is -2.16. The fourth-order valence-electron chi connectivity index (χ4n) is 3.34. The molecule has 32 heavy (non-hydrogen) atoms. The van der Waals surface area contributed by atoms with Gasteiger partial charge in [0.1, 0.15) is 5.82 Å². The van der Waals surface area contributed by atoms with Gasteiger partial charge in [0.05, 0.1) is 27.3 Å². The summed E-state index contributed by atoms with van der Waals surface area (Å²) >= 11 is 6.37. The van der Waals surface area contributed by atoms with Gasteiger partial charge in [-0.2, -0.15) is 10.2 Å². The number of pyridine rings is 1. The van der Waals surface area contributed by atoms with Crippen LogP contribution in [0.4, 0.5) is 5.82 Å². The van der Waals surface area contributed by atoms with Crippen molar-refractivity contribution >= 4 is 33.0 Å². The Labute approximate surface area is 193 Å². The van der Waals surface area contributed by atoms with Gasteiger partial charge in [0.25, 0.3) is 10.0 Å². The zero-order chi connectivity index (χ0) is 23.3. The molecule has 168 valence electrons. The second kappa shape index (κ2) is 7.94. The van der Waals surface area contributed by atoms with Crippen LogP contribution >= 0.6 is 11.6 Å². The molecule has 0 bridgehead atoms. The second-order valence-corrected chi connectivity index (χ2v) is 11.2. The smallest absolute Gasteiger partial charge is 0.263 e. The van der Waals surface area contributed by atoms with E-state index in [0.717, 1.165) is 11.1 Å². The van der Waals surface area contributed by atoms with Crippen LogP contribution in [-0.4, -0.2) is 27.8 Å². The minimum absolute atomic E-state index is 0.0626. The second-order valence-electron chi connectivity index (χ2n) is 9.08. The van der Waals surface area contributed by atoms with Crippen LogP contribution in [0.3, 0.4) is 0 Å². The van der Waals surface area contributed by atoms with Gasteiger partial charge < -0.3 is 0 Å². The Hall–Kier alpha value is -2.84. The van der Waals surface area contributed by atoms with Crippen molar-refractivity contribution in [3.63, 3.8) is 0 Å². The number of nitrogens with zero attached hydrogens (tertiary/aromatic N) is 4. The van der Waals surface area contributed by atoms with Crippen LogP contribution in [0.1, 0.15) is 46.2 Å². The summed E-state index contributed by atoms with van der Waals surface area (Å²) in [5.74, 6) is 0.298. The summed E-state index contributed by atoms with van der Waals surface area (Å²) in [5.41, 5.74) is 3.07. The van der Waals surface area contributed by atoms with Crippen molar-refractivity contribution < 1.29 is 8.42 Å². The van der Waals surface area contributed by atoms with E-state index in [0.29, 0.717) is 22.1 Å². The van der Waals surface area contributed by atoms with E-state index in [1.807, 2.05) is 42.9 Å². The summed E-state index contributed by atoms with van der Waals surface area (Å²) in [6, 6.07) is 12.2. The number of fused-ring (bicyclic) bond motifs is 1. The van der Waals surface area contributed by atoms with Gasteiger partial charge in [-0.15, -0.1) is 0 Å². The summed E-state index contributed by atoms with van der Waals surface area (Å²) in [7, 11) is -3.81. The van der Waals surface area contributed by atoms with E-state index in [1.165, 1.54) is 4.52 Å². The summed E-state index contributed by atoms with van der Waals surface area (Å²) < 4.78 is 32.1. The fraction of sp³-hybridized carbons (Fsp3) is 0.304. The molecule has 0 aliphatic rings. The van der Waals surface area contributed by atoms with Crippen LogP contribution in [0, 0.1) is 0 Å². The Morgan fingerprint density at radius 1 is 1.06 bits per heavy atom. The number of aromatic nitrogens is 4. The molecule has 7 nitrogen and oxygen atoms in total. The summed E-state index contributed by atoms with van der Waals surface area (Å²) in [5, 5.41) is 9.42. The van der Waals surface area contributed by atoms with Crippen LogP contribution < -0.4 is 4.72 Å². The maximum Gasteiger partial charge on any atom is 0.263 e. The lowest BCUT2D eigenvalue weighted by Gasteiger charge is -2.19. The molecule has 4 aromatic rings. The van der Waals surface area contributed by atoms with Crippen molar-refractivity contribution in [2.75, 3.05) is 4.72 Å². The molecule has 0 amide bonds. The number of halogens is 1. The van der Waals surface area contributed by atoms with Gasteiger partial charge in [-0.1, -0.05) is 44.5 Å². The van der Waals surface area contributed by atoms with Gasteiger partial charge in [0.15, 0.2) is 0 Å². The Morgan fingerprint density at radius 2 is 1.75 bits per heavy atom. The molecular formula is C23H26ClN5O2S. The zero-order valence-electron chi connectivity index (χ0n) is 18.7. The lowest BCUT2D eigenvalue weighted by molar-refractivity contribution is 0.532. The highest BCUT2D eigenvalue weighted by molar-refractivity contribution is 7.92. The molecule has 0 aliphatic heterocycles. The van der Waals surface area contributed by atoms with Crippen molar-refractivity contribution in [1.29, 1.82) is 0 Å². The number of nitrogens with one attached hydrogen (secondary N) is 1. The molecule has 0 spiro atoms. The van der Waals surface area contributed by atoms with Crippen LogP contribution in [0.15, 0.2) is 59.8 Å². The molecule has 0 fully saturated rings. The Balaban J connectivity index is 1.71. The Bertz CT molecular complexity index is 1380. The molecule has 1 aromatic carbocycles. The van der Waals surface area contributed by atoms with Crippen molar-refractivity contribution in [3.05, 3.63) is 65.4 Å². The van der Waals surface area contributed by atoms with E-state index in [4.69, 9.17) is 11.6 Å². The number of hydrogen-bond donors (Lipinski definition) is 1. The highest BCUT2D eigenvalue weighted by Gasteiger charge is 2.20. The topological polar surface area (TPSA) is 81.3 Å². The van der Waals surface area contributed by atoms with Crippen LogP contribution in [0.5, 0.6) is 0 Å². The first kappa shape index (κ1) is 22.4. The minimum atomic E-state index is -3.81. The first-order valence-corrected chi connectivity index (χ1v) is 12.2. The van der Waals surface area contributed by atoms with Gasteiger partial charge in [0.2, 0.25) is 0 Å². The van der Waals surface area contributed by atoms with Crippen molar-refractivity contribution in [1.82, 2.24) is 19.4 Å². The third-order valence-electron chi connectivity index (χ3n) is 5.27. The third kappa shape index (κ3) is 4.25. The highest BCUT2D eigenvalue weighted by Crippen LogP contribution is 2.29. The molecule has 1 N–H and O–H groups in total. The van der Waals surface area contributed by atoms with E-state index in [-0.39, 0.29) is 16.4 Å². The van der Waals surface area contributed by atoms with E-state index >= 15 is 0 Å². The first-order valence-electron chi connectivity index (χ1n) is 10.3. The molecule has 0 unspecified atom stereocenters. The molecule has 0 saturated heterocycles. The maximum atomic E-state index is 13.0. The predicted molar refractivity (Wildman–Crippen MR) is 128 cm³/mol. The van der Waals surface area contributed by atoms with Crippen molar-refractivity contribution in [2.45, 2.75) is 51.0 Å². The normalized spacial score (nSPS) is 12.6. The number of benzene rings is 1. The molecule has 3 heterocycles. The number of hydrogen-bond acceptors (Lipinski definition) is 4. The molecule has 9 heteroatoms. The average Bonchev–Trinajstić information content (AvgIpc) is 3.37. The van der Waals surface area contributed by atoms with E-state index < -0.39 is 10.0 Å². The summed E-state index contributed by atoms with van der Waals surface area (Å²) in [6.45, 7) is 10.3. The molecule has 0 saturated carbocycles. The quantitative estimate of drug-likeness (QED) is 0.415. The minimum Gasteiger partial charge on any atom is -0.270 e. The van der Waals surface area contributed by atoms with Gasteiger partial charge in [0, 0.05) is 17.8 Å². The standard InChI is InChI=1S/C23H26ClN5O2S/c1-15(2)28-14-16(13-25-28)20-12-21-19(24)10-11-22(29(21)26-20)27-32(30,31)18-8-6-17(7-9-18)23(3,4)5/h6-15,27H,1-5H3. The first-order chi connectivity index (χ1) is 15.0. The Kier molecular flexibility index (Phi) is 5.55. The Morgan fingerprint density at radius 3 is 2.34 bits per heavy atom. The molecular weight excluding hydrogens is 446 g/mol. The van der Waals surface area contributed by atoms with Crippen molar-refractivity contribution in [2.24, 2.45) is 0 Å². The maximum absolute atomic E-state index is 13.0. The number of anilines is 1. The van der Waals surface area contributed by atoms with Crippen molar-refractivity contribution in [3.8, 4) is 11.3 Å². The molecule has 0 atom stereocenters. The SMILES string of the molecule is CC(C)n1cc(-c2cc3c(Cl)ccc(NS(=O)(=O)c4ccc(C(C)(C)C)cc4)n3n2)cn1. The van der Waals surface area contributed by atoms with Gasteiger partial charge in [-0.25, -0.2) is 12.9 Å². The molecule has 0 radical (unpaired) electrons. The molecule has 3 aromatic heterocycles. The highest BCUT2D eigenvalue weighted by atomic mass is 35.5. The van der Waals surface area contributed by atoms with Crippen LogP contribution in [0.2, 0.25) is 5.02 Å². The average molecular weight is 472 g/mol. The van der Waals surface area contributed by atoms with Gasteiger partial charge in [-0.3, -0.25) is 9.40 Å². The number of sulfonamides is 1. The zero-order valence-corrected chi connectivity index (χ0v) is 20.2. The number of rotatable bonds is 5. The van der Waals surface area contributed by atoms with Gasteiger partial charge >= 0.3 is 0 Å². The summed E-state index contributed by atoms with van der Waals surface area (Å²) in [6.07, 6.45) is 3.64. The molecule has 4 rings (SSSR count). The van der Waals surface area contributed by atoms with Crippen LogP contribution in [0.25, 0.3) is 16.8 Å². The largest absolute Gasteiger partial charge is 0.270 e. The monoisotopic (exact) mass is 471 g/mol. The van der Waals surface area contributed by atoms with Gasteiger partial charge in [-0.05, 0) is 55.2 Å². The lowest BCUT2D eigenvalue weighted by atomic mass is 9.87. The van der Waals surface area contributed by atoms with E-state index in [9.17, 15) is 8.42 Å². The molecule has 0 aliphatic carbocycles. The van der Waals surface area contributed by atoms with E-state index in [2.05, 4.69) is 35.7 Å². The summed E-state index contributed by atoms with van der Waals surface area (Å²) in [4.78, 5) is 0.180. The van der Waals surface area contributed by atoms with Crippen LogP contribution in [-0.2, 0) is 15.4 Å². The fourth-order valence-corrected chi connectivity index (χ4v) is 4.58.